The van der Waals surface area contributed by atoms with Gasteiger partial charge in [0.05, 0.1) is 5.75 Å². The quantitative estimate of drug-likeness (QED) is 0.659. The predicted molar refractivity (Wildman–Crippen MR) is 71.9 cm³/mol. The highest BCUT2D eigenvalue weighted by molar-refractivity contribution is 8.00. The molecule has 1 aliphatic carbocycles. The van der Waals surface area contributed by atoms with Gasteiger partial charge in [0.15, 0.2) is 0 Å². The van der Waals surface area contributed by atoms with Gasteiger partial charge in [0, 0.05) is 23.2 Å². The summed E-state index contributed by atoms with van der Waals surface area (Å²) < 4.78 is 13.1. The zero-order valence-corrected chi connectivity index (χ0v) is 11.2. The highest BCUT2D eigenvalue weighted by Gasteiger charge is 2.30. The molecule has 2 N–H and O–H groups in total. The Morgan fingerprint density at radius 1 is 1.50 bits per heavy atom. The van der Waals surface area contributed by atoms with Crippen molar-refractivity contribution >= 4 is 23.4 Å². The summed E-state index contributed by atoms with van der Waals surface area (Å²) in [5.74, 6) is 0.0973. The topological polar surface area (TPSA) is 46.3 Å². The number of thioether (sulfide) groups is 1. The lowest BCUT2D eigenvalue weighted by Crippen LogP contribution is -2.34. The van der Waals surface area contributed by atoms with E-state index in [4.69, 9.17) is 5.73 Å². The van der Waals surface area contributed by atoms with Crippen LogP contribution in [0.25, 0.3) is 0 Å². The Kier molecular flexibility index (Phi) is 4.11. The van der Waals surface area contributed by atoms with Crippen molar-refractivity contribution in [2.45, 2.75) is 30.7 Å². The van der Waals surface area contributed by atoms with Crippen LogP contribution >= 0.6 is 11.8 Å². The van der Waals surface area contributed by atoms with Crippen LogP contribution in [0.5, 0.6) is 0 Å². The van der Waals surface area contributed by atoms with E-state index in [1.165, 1.54) is 23.9 Å². The molecular formula is C13H17FN2OS. The Morgan fingerprint density at radius 3 is 2.78 bits per heavy atom. The SMILES string of the molecule is CCN(C(=O)CSc1cc(N)cc(F)c1)C1CC1. The second-order valence-corrected chi connectivity index (χ2v) is 5.47. The van der Waals surface area contributed by atoms with Crippen molar-refractivity contribution in [3.63, 3.8) is 0 Å². The molecule has 0 aromatic heterocycles. The Morgan fingerprint density at radius 2 is 2.22 bits per heavy atom. The van der Waals surface area contributed by atoms with E-state index in [0.717, 1.165) is 19.4 Å². The van der Waals surface area contributed by atoms with E-state index < -0.39 is 0 Å². The van der Waals surface area contributed by atoms with Crippen LogP contribution in [0.1, 0.15) is 19.8 Å². The van der Waals surface area contributed by atoms with Gasteiger partial charge in [-0.25, -0.2) is 4.39 Å². The van der Waals surface area contributed by atoms with Crippen molar-refractivity contribution in [3.8, 4) is 0 Å². The van der Waals surface area contributed by atoms with Crippen molar-refractivity contribution in [3.05, 3.63) is 24.0 Å². The summed E-state index contributed by atoms with van der Waals surface area (Å²) in [6.45, 7) is 2.73. The van der Waals surface area contributed by atoms with Crippen molar-refractivity contribution in [1.82, 2.24) is 4.90 Å². The molecule has 0 heterocycles. The predicted octanol–water partition coefficient (Wildman–Crippen LogP) is 2.51. The number of hydrogen-bond acceptors (Lipinski definition) is 3. The zero-order chi connectivity index (χ0) is 13.1. The van der Waals surface area contributed by atoms with E-state index in [9.17, 15) is 9.18 Å². The molecular weight excluding hydrogens is 251 g/mol. The van der Waals surface area contributed by atoms with Crippen LogP contribution in [0.4, 0.5) is 10.1 Å². The molecule has 18 heavy (non-hydrogen) atoms. The molecule has 1 fully saturated rings. The van der Waals surface area contributed by atoms with Gasteiger partial charge < -0.3 is 10.6 Å². The molecule has 0 saturated heterocycles. The summed E-state index contributed by atoms with van der Waals surface area (Å²) >= 11 is 1.33. The van der Waals surface area contributed by atoms with Crippen molar-refractivity contribution < 1.29 is 9.18 Å². The first-order valence-electron chi connectivity index (χ1n) is 6.08. The van der Waals surface area contributed by atoms with Crippen LogP contribution in [-0.4, -0.2) is 29.1 Å². The monoisotopic (exact) mass is 268 g/mol. The molecule has 3 nitrogen and oxygen atoms in total. The second-order valence-electron chi connectivity index (χ2n) is 4.42. The lowest BCUT2D eigenvalue weighted by atomic mass is 10.3. The number of carbonyl (C=O) groups is 1. The number of nitrogen functional groups attached to an aromatic ring is 1. The van der Waals surface area contributed by atoms with Gasteiger partial charge in [-0.3, -0.25) is 4.79 Å². The van der Waals surface area contributed by atoms with E-state index in [2.05, 4.69) is 0 Å². The normalized spacial score (nSPS) is 14.6. The number of amides is 1. The number of anilines is 1. The van der Waals surface area contributed by atoms with E-state index in [1.807, 2.05) is 11.8 Å². The largest absolute Gasteiger partial charge is 0.399 e. The van der Waals surface area contributed by atoms with E-state index in [1.54, 1.807) is 6.07 Å². The van der Waals surface area contributed by atoms with Gasteiger partial charge in [0.1, 0.15) is 5.82 Å². The molecule has 0 radical (unpaired) electrons. The van der Waals surface area contributed by atoms with Crippen LogP contribution in [0.3, 0.4) is 0 Å². The van der Waals surface area contributed by atoms with Gasteiger partial charge in [0.25, 0.3) is 0 Å². The number of hydrogen-bond donors (Lipinski definition) is 1. The third-order valence-corrected chi connectivity index (χ3v) is 3.86. The lowest BCUT2D eigenvalue weighted by Gasteiger charge is -2.20. The summed E-state index contributed by atoms with van der Waals surface area (Å²) in [7, 11) is 0. The average molecular weight is 268 g/mol. The molecule has 0 bridgehead atoms. The molecule has 0 unspecified atom stereocenters. The fourth-order valence-electron chi connectivity index (χ4n) is 1.92. The highest BCUT2D eigenvalue weighted by Crippen LogP contribution is 2.28. The van der Waals surface area contributed by atoms with E-state index in [-0.39, 0.29) is 11.7 Å². The molecule has 1 saturated carbocycles. The molecule has 1 aromatic rings. The van der Waals surface area contributed by atoms with Gasteiger partial charge in [-0.05, 0) is 38.0 Å². The van der Waals surface area contributed by atoms with Crippen LogP contribution in [0.2, 0.25) is 0 Å². The number of rotatable bonds is 5. The number of halogens is 1. The summed E-state index contributed by atoms with van der Waals surface area (Å²) in [5.41, 5.74) is 5.95. The molecule has 1 aromatic carbocycles. The first-order valence-corrected chi connectivity index (χ1v) is 7.07. The van der Waals surface area contributed by atoms with Crippen molar-refractivity contribution in [2.24, 2.45) is 0 Å². The molecule has 98 valence electrons. The van der Waals surface area contributed by atoms with Gasteiger partial charge >= 0.3 is 0 Å². The standard InChI is InChI=1S/C13H17FN2OS/c1-2-16(11-3-4-11)13(17)8-18-12-6-9(14)5-10(15)7-12/h5-7,11H,2-4,8,15H2,1H3. The maximum Gasteiger partial charge on any atom is 0.233 e. The fraction of sp³-hybridized carbons (Fsp3) is 0.462. The number of nitrogens with zero attached hydrogens (tertiary/aromatic N) is 1. The third kappa shape index (κ3) is 3.38. The Balaban J connectivity index is 1.92. The minimum atomic E-state index is -0.362. The molecule has 1 aliphatic rings. The Labute approximate surface area is 111 Å². The minimum Gasteiger partial charge on any atom is -0.399 e. The molecule has 0 spiro atoms. The summed E-state index contributed by atoms with van der Waals surface area (Å²) in [6, 6.07) is 4.80. The number of carbonyl (C=O) groups excluding carboxylic acids is 1. The number of nitrogens with two attached hydrogens (primary N) is 1. The average Bonchev–Trinajstić information content (AvgIpc) is 3.10. The summed E-state index contributed by atoms with van der Waals surface area (Å²) in [5, 5.41) is 0. The van der Waals surface area contributed by atoms with Crippen molar-refractivity contribution in [1.29, 1.82) is 0 Å². The van der Waals surface area contributed by atoms with Gasteiger partial charge in [-0.2, -0.15) is 0 Å². The van der Waals surface area contributed by atoms with Gasteiger partial charge in [0.2, 0.25) is 5.91 Å². The highest BCUT2D eigenvalue weighted by atomic mass is 32.2. The summed E-state index contributed by atoms with van der Waals surface area (Å²) in [4.78, 5) is 14.6. The fourth-order valence-corrected chi connectivity index (χ4v) is 2.79. The summed E-state index contributed by atoms with van der Waals surface area (Å²) in [6.07, 6.45) is 2.22. The minimum absolute atomic E-state index is 0.118. The van der Waals surface area contributed by atoms with Crippen molar-refractivity contribution in [2.75, 3.05) is 18.0 Å². The maximum absolute atomic E-state index is 13.1. The smallest absolute Gasteiger partial charge is 0.233 e. The third-order valence-electron chi connectivity index (χ3n) is 2.90. The Hall–Kier alpha value is -1.23. The second kappa shape index (κ2) is 5.61. The maximum atomic E-state index is 13.1. The number of benzene rings is 1. The molecule has 0 atom stereocenters. The van der Waals surface area contributed by atoms with Crippen LogP contribution in [0, 0.1) is 5.82 Å². The Bertz CT molecular complexity index is 428. The van der Waals surface area contributed by atoms with E-state index in [0.29, 0.717) is 22.4 Å². The zero-order valence-electron chi connectivity index (χ0n) is 10.4. The van der Waals surface area contributed by atoms with Gasteiger partial charge in [-0.1, -0.05) is 0 Å². The molecule has 2 rings (SSSR count). The van der Waals surface area contributed by atoms with Crippen LogP contribution in [0.15, 0.2) is 23.1 Å². The molecule has 0 aliphatic heterocycles. The van der Waals surface area contributed by atoms with Gasteiger partial charge in [-0.15, -0.1) is 11.8 Å². The first kappa shape index (κ1) is 13.2. The van der Waals surface area contributed by atoms with Crippen LogP contribution in [-0.2, 0) is 4.79 Å². The van der Waals surface area contributed by atoms with Crippen LogP contribution < -0.4 is 5.73 Å². The van der Waals surface area contributed by atoms with E-state index >= 15 is 0 Å². The first-order chi connectivity index (χ1) is 8.60. The molecule has 1 amide bonds. The molecule has 5 heteroatoms. The lowest BCUT2D eigenvalue weighted by molar-refractivity contribution is -0.128.